The summed E-state index contributed by atoms with van der Waals surface area (Å²) >= 11 is 0. The van der Waals surface area contributed by atoms with Gasteiger partial charge >= 0.3 is 18.5 Å². The molecule has 0 saturated heterocycles. The molecule has 0 spiro atoms. The molecule has 13 heavy (non-hydrogen) atoms. The summed E-state index contributed by atoms with van der Waals surface area (Å²) in [4.78, 5) is 25.7. The number of hydrogen-bond acceptors (Lipinski definition) is 3. The molecule has 0 radical (unpaired) electrons. The molecule has 10 heteroatoms. The van der Waals surface area contributed by atoms with E-state index in [1.807, 2.05) is 0 Å². The van der Waals surface area contributed by atoms with Crippen molar-refractivity contribution in [3.8, 4) is 0 Å². The molecule has 0 amide bonds. The quantitative estimate of drug-likeness (QED) is 0.338. The van der Waals surface area contributed by atoms with E-state index in [4.69, 9.17) is 45.0 Å². The monoisotopic (exact) mass is 250 g/mol. The van der Waals surface area contributed by atoms with Gasteiger partial charge in [-0.25, -0.2) is 14.4 Å². The maximum atomic E-state index is 8.56. The summed E-state index contributed by atoms with van der Waals surface area (Å²) in [7, 11) is 0. The van der Waals surface area contributed by atoms with Crippen LogP contribution in [-0.4, -0.2) is 49.1 Å². The minimum Gasteiger partial charge on any atom is -0.450 e. The molecule has 0 aromatic carbocycles. The van der Waals surface area contributed by atoms with Crippen LogP contribution in [0.2, 0.25) is 0 Å². The Morgan fingerprint density at radius 3 is 0.538 bits per heavy atom. The van der Waals surface area contributed by atoms with Crippen LogP contribution in [-0.2, 0) is 19.5 Å². The standard InChI is InChI=1S/3CH2O3.Zn/c3*2-1(3)4;/h3*(H2,2,3,4);. The maximum absolute atomic E-state index is 8.56. The fraction of sp³-hybridized carbons (Fsp3) is 0. The molecule has 0 aromatic rings. The summed E-state index contributed by atoms with van der Waals surface area (Å²) in [5.74, 6) is 0. The van der Waals surface area contributed by atoms with Gasteiger partial charge < -0.3 is 30.6 Å². The Balaban J connectivity index is -0.0000000450. The molecular formula is C3H6O9Zn. The van der Waals surface area contributed by atoms with Crippen molar-refractivity contribution in [2.75, 3.05) is 0 Å². The number of hydrogen-bond donors (Lipinski definition) is 6. The van der Waals surface area contributed by atoms with Gasteiger partial charge in [0.05, 0.1) is 0 Å². The summed E-state index contributed by atoms with van der Waals surface area (Å²) < 4.78 is 0. The molecule has 0 rings (SSSR count). The van der Waals surface area contributed by atoms with Crippen molar-refractivity contribution < 1.29 is 64.5 Å². The summed E-state index contributed by atoms with van der Waals surface area (Å²) in [6, 6.07) is 0. The molecule has 0 saturated carbocycles. The zero-order valence-corrected chi connectivity index (χ0v) is 9.08. The van der Waals surface area contributed by atoms with Crippen LogP contribution in [0, 0.1) is 0 Å². The maximum Gasteiger partial charge on any atom is 0.503 e. The van der Waals surface area contributed by atoms with Crippen LogP contribution >= 0.6 is 0 Å². The van der Waals surface area contributed by atoms with Gasteiger partial charge in [-0.15, -0.1) is 0 Å². The minimum atomic E-state index is -1.83. The Kier molecular flexibility index (Phi) is 29.1. The average molecular weight is 251 g/mol. The first-order chi connectivity index (χ1) is 5.20. The third-order valence-electron chi connectivity index (χ3n) is 0. The molecule has 0 fully saturated rings. The van der Waals surface area contributed by atoms with E-state index in [0.29, 0.717) is 0 Å². The van der Waals surface area contributed by atoms with Crippen LogP contribution in [0.5, 0.6) is 0 Å². The van der Waals surface area contributed by atoms with Crippen molar-refractivity contribution in [1.29, 1.82) is 0 Å². The van der Waals surface area contributed by atoms with E-state index < -0.39 is 18.5 Å². The van der Waals surface area contributed by atoms with Gasteiger partial charge in [-0.2, -0.15) is 0 Å². The molecule has 0 aromatic heterocycles. The third kappa shape index (κ3) is 302. The van der Waals surface area contributed by atoms with Crippen molar-refractivity contribution in [3.63, 3.8) is 0 Å². The predicted octanol–water partition coefficient (Wildman–Crippen LogP) is 0.665. The van der Waals surface area contributed by atoms with E-state index in [1.54, 1.807) is 0 Å². The van der Waals surface area contributed by atoms with E-state index in [-0.39, 0.29) is 19.5 Å². The predicted molar refractivity (Wildman–Crippen MR) is 32.0 cm³/mol. The first kappa shape index (κ1) is 22.5. The van der Waals surface area contributed by atoms with Crippen molar-refractivity contribution in [3.05, 3.63) is 0 Å². The molecule has 9 nitrogen and oxygen atoms in total. The molecule has 0 aliphatic heterocycles. The van der Waals surface area contributed by atoms with Crippen LogP contribution in [0.25, 0.3) is 0 Å². The van der Waals surface area contributed by atoms with Crippen molar-refractivity contribution in [2.24, 2.45) is 0 Å². The van der Waals surface area contributed by atoms with E-state index in [1.165, 1.54) is 0 Å². The Bertz CT molecular complexity index is 112. The van der Waals surface area contributed by atoms with Crippen LogP contribution < -0.4 is 0 Å². The fourth-order valence-corrected chi connectivity index (χ4v) is 0. The summed E-state index contributed by atoms with van der Waals surface area (Å²) in [6.07, 6.45) is -5.50. The van der Waals surface area contributed by atoms with Gasteiger partial charge in [0.25, 0.3) is 0 Å². The van der Waals surface area contributed by atoms with E-state index in [9.17, 15) is 0 Å². The van der Waals surface area contributed by atoms with Gasteiger partial charge in [0.2, 0.25) is 0 Å². The van der Waals surface area contributed by atoms with Crippen LogP contribution in [0.4, 0.5) is 14.4 Å². The van der Waals surface area contributed by atoms with Gasteiger partial charge in [0.15, 0.2) is 0 Å². The normalized spacial score (nSPS) is 5.54. The molecule has 0 aliphatic rings. The first-order valence-corrected chi connectivity index (χ1v) is 1.95. The van der Waals surface area contributed by atoms with Crippen LogP contribution in [0.1, 0.15) is 0 Å². The second kappa shape index (κ2) is 16.8. The summed E-state index contributed by atoms with van der Waals surface area (Å²) in [5, 5.41) is 41.8. The van der Waals surface area contributed by atoms with Gasteiger partial charge in [0, 0.05) is 19.5 Å². The Morgan fingerprint density at radius 2 is 0.538 bits per heavy atom. The Hall–Kier alpha value is -1.57. The van der Waals surface area contributed by atoms with Crippen LogP contribution in [0.15, 0.2) is 0 Å². The van der Waals surface area contributed by atoms with Gasteiger partial charge in [-0.3, -0.25) is 0 Å². The second-order valence-electron chi connectivity index (χ2n) is 0.848. The van der Waals surface area contributed by atoms with E-state index >= 15 is 0 Å². The smallest absolute Gasteiger partial charge is 0.450 e. The Morgan fingerprint density at radius 1 is 0.538 bits per heavy atom. The molecular weight excluding hydrogens is 245 g/mol. The second-order valence-corrected chi connectivity index (χ2v) is 0.848. The van der Waals surface area contributed by atoms with E-state index in [2.05, 4.69) is 0 Å². The topological polar surface area (TPSA) is 173 Å². The largest absolute Gasteiger partial charge is 0.503 e. The van der Waals surface area contributed by atoms with Crippen molar-refractivity contribution >= 4 is 18.5 Å². The number of carboxylic acid groups (broad SMARTS) is 6. The summed E-state index contributed by atoms with van der Waals surface area (Å²) in [5.41, 5.74) is 0. The zero-order chi connectivity index (χ0) is 10.7. The molecule has 0 atom stereocenters. The molecule has 0 aliphatic carbocycles. The zero-order valence-electron chi connectivity index (χ0n) is 6.12. The molecule has 0 bridgehead atoms. The minimum absolute atomic E-state index is 0. The summed E-state index contributed by atoms with van der Waals surface area (Å²) in [6.45, 7) is 0. The van der Waals surface area contributed by atoms with Gasteiger partial charge in [-0.1, -0.05) is 0 Å². The molecule has 6 N–H and O–H groups in total. The van der Waals surface area contributed by atoms with Crippen LogP contribution in [0.3, 0.4) is 0 Å². The Labute approximate surface area is 83.6 Å². The third-order valence-corrected chi connectivity index (χ3v) is 0. The molecule has 74 valence electrons. The van der Waals surface area contributed by atoms with Gasteiger partial charge in [-0.05, 0) is 0 Å². The number of carbonyl (C=O) groups is 3. The number of rotatable bonds is 0. The SMILES string of the molecule is O=C(O)O.O=C(O)O.O=C(O)O.[Zn]. The average Bonchev–Trinajstić information content (AvgIpc) is 1.54. The molecule has 0 heterocycles. The van der Waals surface area contributed by atoms with Gasteiger partial charge in [0.1, 0.15) is 0 Å². The fourth-order valence-electron chi connectivity index (χ4n) is 0. The first-order valence-electron chi connectivity index (χ1n) is 1.95. The van der Waals surface area contributed by atoms with E-state index in [0.717, 1.165) is 0 Å². The van der Waals surface area contributed by atoms with Crippen molar-refractivity contribution in [1.82, 2.24) is 0 Å². The van der Waals surface area contributed by atoms with Crippen molar-refractivity contribution in [2.45, 2.75) is 0 Å². The molecule has 0 unspecified atom stereocenters.